The predicted octanol–water partition coefficient (Wildman–Crippen LogP) is 4.38. The van der Waals surface area contributed by atoms with E-state index in [0.29, 0.717) is 11.3 Å². The number of alkyl halides is 2. The molecule has 0 aliphatic carbocycles. The van der Waals surface area contributed by atoms with Crippen LogP contribution >= 0.6 is 0 Å². The van der Waals surface area contributed by atoms with Crippen LogP contribution in [0.5, 0.6) is 5.75 Å². The maximum absolute atomic E-state index is 12.3. The van der Waals surface area contributed by atoms with Crippen molar-refractivity contribution in [1.82, 2.24) is 9.78 Å². The topological polar surface area (TPSA) is 64.3 Å². The summed E-state index contributed by atoms with van der Waals surface area (Å²) in [5.41, 5.74) is 2.70. The highest BCUT2D eigenvalue weighted by Crippen LogP contribution is 2.25. The van der Waals surface area contributed by atoms with Crippen LogP contribution in [0.4, 0.5) is 8.78 Å². The number of hydrogen-bond donors (Lipinski definition) is 1. The molecule has 0 amide bonds. The number of aliphatic hydroxyl groups excluding tert-OH is 1. The van der Waals surface area contributed by atoms with Gasteiger partial charge in [-0.15, -0.1) is 0 Å². The number of benzene rings is 2. The Kier molecular flexibility index (Phi) is 8.37. The summed E-state index contributed by atoms with van der Waals surface area (Å²) in [6.07, 6.45) is 0.771. The Morgan fingerprint density at radius 1 is 1.15 bits per heavy atom. The molecule has 0 aliphatic rings. The highest BCUT2D eigenvalue weighted by molar-refractivity contribution is 5.89. The Hall–Kier alpha value is -2.80. The van der Waals surface area contributed by atoms with Gasteiger partial charge in [0.15, 0.2) is 0 Å². The summed E-state index contributed by atoms with van der Waals surface area (Å²) in [6.45, 7) is 2.95. The maximum Gasteiger partial charge on any atom is 0.387 e. The molecule has 1 heterocycles. The second kappa shape index (κ2) is 10.2. The van der Waals surface area contributed by atoms with E-state index in [1.807, 2.05) is 20.8 Å². The smallest absolute Gasteiger partial charge is 0.387 e. The monoisotopic (exact) mass is 364 g/mol. The van der Waals surface area contributed by atoms with Gasteiger partial charge in [-0.25, -0.2) is 4.68 Å². The Balaban J connectivity index is 0.000000791. The molecule has 3 rings (SSSR count). The Labute approximate surface area is 150 Å². The van der Waals surface area contributed by atoms with Crippen LogP contribution in [0.1, 0.15) is 29.9 Å². The minimum atomic E-state index is -2.87. The zero-order chi connectivity index (χ0) is 19.7. The van der Waals surface area contributed by atoms with Crippen LogP contribution < -0.4 is 4.74 Å². The van der Waals surface area contributed by atoms with E-state index >= 15 is 0 Å². The molecule has 3 aromatic rings. The first-order valence-electron chi connectivity index (χ1n) is 8.03. The molecule has 0 atom stereocenters. The second-order valence-electron chi connectivity index (χ2n) is 4.77. The summed E-state index contributed by atoms with van der Waals surface area (Å²) >= 11 is 0. The first kappa shape index (κ1) is 21.2. The molecule has 0 bridgehead atoms. The standard InChI is InChI=1S/C16H12F2N2O2.C2H6.CH4O/c1-10-14-7-11(9-21)5-6-15(14)20(19-10)12-3-2-4-13(8-12)22-16(17)18;2*1-2/h2-9,16H,1H3;1-2H3;2H,1H3. The van der Waals surface area contributed by atoms with Crippen molar-refractivity contribution in [3.05, 3.63) is 53.7 Å². The zero-order valence-electron chi connectivity index (χ0n) is 15.1. The van der Waals surface area contributed by atoms with E-state index in [-0.39, 0.29) is 5.75 Å². The third-order valence-corrected chi connectivity index (χ3v) is 3.31. The van der Waals surface area contributed by atoms with E-state index in [2.05, 4.69) is 9.84 Å². The molecule has 2 aromatic carbocycles. The van der Waals surface area contributed by atoms with Gasteiger partial charge in [0.05, 0.1) is 16.9 Å². The number of aromatic nitrogens is 2. The van der Waals surface area contributed by atoms with Gasteiger partial charge >= 0.3 is 6.61 Å². The zero-order valence-corrected chi connectivity index (χ0v) is 15.1. The van der Waals surface area contributed by atoms with Gasteiger partial charge in [-0.2, -0.15) is 13.9 Å². The molecule has 0 aliphatic heterocycles. The van der Waals surface area contributed by atoms with E-state index in [1.165, 1.54) is 12.1 Å². The summed E-state index contributed by atoms with van der Waals surface area (Å²) in [6, 6.07) is 11.5. The highest BCUT2D eigenvalue weighted by atomic mass is 19.3. The molecule has 0 saturated carbocycles. The van der Waals surface area contributed by atoms with E-state index < -0.39 is 6.61 Å². The van der Waals surface area contributed by atoms with Crippen molar-refractivity contribution in [2.45, 2.75) is 27.4 Å². The third-order valence-electron chi connectivity index (χ3n) is 3.31. The molecule has 7 heteroatoms. The number of carbonyl (C=O) groups is 1. The normalized spacial score (nSPS) is 9.85. The summed E-state index contributed by atoms with van der Waals surface area (Å²) in [5.74, 6) is 0.0679. The van der Waals surface area contributed by atoms with Crippen molar-refractivity contribution < 1.29 is 23.4 Å². The molecule has 1 aromatic heterocycles. The van der Waals surface area contributed by atoms with Gasteiger partial charge in [0.2, 0.25) is 0 Å². The lowest BCUT2D eigenvalue weighted by molar-refractivity contribution is -0.0498. The fourth-order valence-corrected chi connectivity index (χ4v) is 2.35. The van der Waals surface area contributed by atoms with Gasteiger partial charge in [-0.1, -0.05) is 19.9 Å². The Bertz CT molecular complexity index is 848. The SMILES string of the molecule is CC.CO.Cc1nn(-c2cccc(OC(F)F)c2)c2ccc(C=O)cc12. The summed E-state index contributed by atoms with van der Waals surface area (Å²) < 4.78 is 30.7. The van der Waals surface area contributed by atoms with Gasteiger partial charge in [0, 0.05) is 24.1 Å². The summed E-state index contributed by atoms with van der Waals surface area (Å²) in [7, 11) is 1.00. The number of rotatable bonds is 4. The van der Waals surface area contributed by atoms with Crippen molar-refractivity contribution in [2.75, 3.05) is 7.11 Å². The van der Waals surface area contributed by atoms with Crippen LogP contribution in [-0.2, 0) is 0 Å². The van der Waals surface area contributed by atoms with Crippen LogP contribution in [0, 0.1) is 6.92 Å². The minimum Gasteiger partial charge on any atom is -0.435 e. The molecular weight excluding hydrogens is 342 g/mol. The van der Waals surface area contributed by atoms with Gasteiger partial charge < -0.3 is 9.84 Å². The highest BCUT2D eigenvalue weighted by Gasteiger charge is 2.11. The van der Waals surface area contributed by atoms with Crippen LogP contribution in [0.25, 0.3) is 16.6 Å². The quantitative estimate of drug-likeness (QED) is 0.698. The van der Waals surface area contributed by atoms with Crippen LogP contribution in [0.3, 0.4) is 0 Å². The summed E-state index contributed by atoms with van der Waals surface area (Å²) in [5, 5.41) is 12.3. The largest absolute Gasteiger partial charge is 0.435 e. The van der Waals surface area contributed by atoms with Crippen molar-refractivity contribution in [2.24, 2.45) is 0 Å². The molecule has 0 saturated heterocycles. The lowest BCUT2D eigenvalue weighted by atomic mass is 10.1. The predicted molar refractivity (Wildman–Crippen MR) is 97.3 cm³/mol. The van der Waals surface area contributed by atoms with Crippen LogP contribution in [0.2, 0.25) is 0 Å². The van der Waals surface area contributed by atoms with E-state index in [4.69, 9.17) is 5.11 Å². The van der Waals surface area contributed by atoms with Gasteiger partial charge in [0.25, 0.3) is 0 Å². The van der Waals surface area contributed by atoms with Gasteiger partial charge in [-0.05, 0) is 37.3 Å². The molecule has 26 heavy (non-hydrogen) atoms. The number of halogens is 2. The molecule has 0 radical (unpaired) electrons. The molecule has 1 N–H and O–H groups in total. The molecule has 5 nitrogen and oxygen atoms in total. The minimum absolute atomic E-state index is 0.0679. The Morgan fingerprint density at radius 2 is 1.85 bits per heavy atom. The Morgan fingerprint density at radius 3 is 2.46 bits per heavy atom. The maximum atomic E-state index is 12.3. The molecule has 0 fully saturated rings. The number of aliphatic hydroxyl groups is 1. The third kappa shape index (κ3) is 4.86. The second-order valence-corrected chi connectivity index (χ2v) is 4.77. The fraction of sp³-hybridized carbons (Fsp3) is 0.263. The first-order valence-corrected chi connectivity index (χ1v) is 8.03. The molecule has 140 valence electrons. The number of nitrogens with zero attached hydrogens (tertiary/aromatic N) is 2. The number of fused-ring (bicyclic) bond motifs is 1. The lowest BCUT2D eigenvalue weighted by Crippen LogP contribution is -2.03. The molecule has 0 unspecified atom stereocenters. The number of ether oxygens (including phenoxy) is 1. The van der Waals surface area contributed by atoms with E-state index in [9.17, 15) is 13.6 Å². The van der Waals surface area contributed by atoms with Gasteiger partial charge in [0.1, 0.15) is 12.0 Å². The van der Waals surface area contributed by atoms with Crippen molar-refractivity contribution >= 4 is 17.2 Å². The molecule has 0 spiro atoms. The number of hydrogen-bond acceptors (Lipinski definition) is 4. The van der Waals surface area contributed by atoms with Gasteiger partial charge in [-0.3, -0.25) is 4.79 Å². The number of aldehydes is 1. The average Bonchev–Trinajstić information content (AvgIpc) is 3.01. The summed E-state index contributed by atoms with van der Waals surface area (Å²) in [4.78, 5) is 10.9. The fourth-order valence-electron chi connectivity index (χ4n) is 2.35. The van der Waals surface area contributed by atoms with Crippen molar-refractivity contribution in [3.8, 4) is 11.4 Å². The number of carbonyl (C=O) groups excluding carboxylic acids is 1. The van der Waals surface area contributed by atoms with E-state index in [0.717, 1.165) is 30.0 Å². The van der Waals surface area contributed by atoms with Crippen LogP contribution in [0.15, 0.2) is 42.5 Å². The van der Waals surface area contributed by atoms with E-state index in [1.54, 1.807) is 35.0 Å². The van der Waals surface area contributed by atoms with Crippen molar-refractivity contribution in [1.29, 1.82) is 0 Å². The number of aryl methyl sites for hydroxylation is 1. The average molecular weight is 364 g/mol. The van der Waals surface area contributed by atoms with Crippen molar-refractivity contribution in [3.63, 3.8) is 0 Å². The lowest BCUT2D eigenvalue weighted by Gasteiger charge is -2.08. The first-order chi connectivity index (χ1) is 12.6. The van der Waals surface area contributed by atoms with Crippen LogP contribution in [-0.4, -0.2) is 34.9 Å². The molecular formula is C19H22F2N2O3.